The van der Waals surface area contributed by atoms with Crippen molar-refractivity contribution < 1.29 is 19.1 Å². The monoisotopic (exact) mass is 576 g/mol. The highest BCUT2D eigenvalue weighted by Crippen LogP contribution is 2.41. The van der Waals surface area contributed by atoms with Crippen molar-refractivity contribution in [1.82, 2.24) is 0 Å². The van der Waals surface area contributed by atoms with E-state index in [0.29, 0.717) is 10.6 Å². The summed E-state index contributed by atoms with van der Waals surface area (Å²) in [5, 5.41) is 6.20. The van der Waals surface area contributed by atoms with E-state index in [2.05, 4.69) is 10.6 Å². The van der Waals surface area contributed by atoms with Crippen LogP contribution in [0.4, 0.5) is 10.7 Å². The number of fused-ring (bicyclic) bond motifs is 1. The molecular weight excluding hydrogens is 540 g/mol. The Morgan fingerprint density at radius 2 is 1.65 bits per heavy atom. The Bertz CT molecular complexity index is 1350. The maximum absolute atomic E-state index is 13.9. The summed E-state index contributed by atoms with van der Waals surface area (Å²) in [4.78, 5) is 41.6. The molecule has 8 heteroatoms. The largest absolute Gasteiger partial charge is 0.465 e. The van der Waals surface area contributed by atoms with E-state index in [4.69, 9.17) is 4.74 Å². The van der Waals surface area contributed by atoms with E-state index in [1.54, 1.807) is 0 Å². The van der Waals surface area contributed by atoms with Crippen LogP contribution in [0.3, 0.4) is 0 Å². The molecule has 1 saturated carbocycles. The summed E-state index contributed by atoms with van der Waals surface area (Å²) in [6.45, 7) is 0. The van der Waals surface area contributed by atoms with Gasteiger partial charge in [0.05, 0.1) is 12.7 Å². The predicted molar refractivity (Wildman–Crippen MR) is 162 cm³/mol. The summed E-state index contributed by atoms with van der Waals surface area (Å²) in [5.74, 6) is -0.459. The molecule has 6 nitrogen and oxygen atoms in total. The molecule has 1 aromatic heterocycles. The number of anilines is 2. The Balaban J connectivity index is 1.38. The Kier molecular flexibility index (Phi) is 9.60. The molecule has 0 radical (unpaired) electrons. The lowest BCUT2D eigenvalue weighted by Crippen LogP contribution is -2.24. The molecule has 2 aliphatic carbocycles. The van der Waals surface area contributed by atoms with Crippen LogP contribution in [0.15, 0.2) is 59.5 Å². The smallest absolute Gasteiger partial charge is 0.341 e. The van der Waals surface area contributed by atoms with Gasteiger partial charge in [0, 0.05) is 21.4 Å². The number of thiophene rings is 1. The number of nitrogens with one attached hydrogen (secondary N) is 2. The van der Waals surface area contributed by atoms with Gasteiger partial charge in [0.15, 0.2) is 0 Å². The summed E-state index contributed by atoms with van der Waals surface area (Å²) < 4.78 is 5.13. The van der Waals surface area contributed by atoms with Crippen LogP contribution >= 0.6 is 23.1 Å². The Morgan fingerprint density at radius 3 is 2.42 bits per heavy atom. The minimum absolute atomic E-state index is 0.0674. The van der Waals surface area contributed by atoms with E-state index in [0.717, 1.165) is 79.5 Å². The van der Waals surface area contributed by atoms with Crippen molar-refractivity contribution >= 4 is 51.6 Å². The van der Waals surface area contributed by atoms with Gasteiger partial charge in [-0.1, -0.05) is 62.1 Å². The minimum Gasteiger partial charge on any atom is -0.465 e. The van der Waals surface area contributed by atoms with Gasteiger partial charge in [-0.3, -0.25) is 9.59 Å². The van der Waals surface area contributed by atoms with Crippen LogP contribution in [-0.2, 0) is 27.2 Å². The van der Waals surface area contributed by atoms with E-state index in [-0.39, 0.29) is 17.7 Å². The van der Waals surface area contributed by atoms with Gasteiger partial charge >= 0.3 is 5.97 Å². The lowest BCUT2D eigenvalue weighted by atomic mass is 9.88. The number of hydrogen-bond acceptors (Lipinski definition) is 6. The summed E-state index contributed by atoms with van der Waals surface area (Å²) in [6.07, 6.45) is 10.3. The van der Waals surface area contributed by atoms with Crippen LogP contribution in [-0.4, -0.2) is 24.9 Å². The van der Waals surface area contributed by atoms with Crippen molar-refractivity contribution in [2.45, 2.75) is 74.4 Å². The average molecular weight is 577 g/mol. The van der Waals surface area contributed by atoms with E-state index in [1.165, 1.54) is 41.5 Å². The second-order valence-electron chi connectivity index (χ2n) is 10.5. The molecule has 3 aromatic rings. The lowest BCUT2D eigenvalue weighted by Gasteiger charge is -2.21. The number of thioether (sulfide) groups is 1. The number of carbonyl (C=O) groups is 3. The van der Waals surface area contributed by atoms with Crippen LogP contribution in [0.25, 0.3) is 0 Å². The SMILES string of the molecule is COC(=O)c1c(NC(=O)C(Sc2cccc(NC(=O)C3CCCCC3)c2)c2ccccc2)sc2c1CCCCC2. The molecule has 0 aliphatic heterocycles. The fourth-order valence-electron chi connectivity index (χ4n) is 5.62. The molecular formula is C32H36N2O4S2. The van der Waals surface area contributed by atoms with Crippen molar-refractivity contribution in [2.75, 3.05) is 17.7 Å². The molecule has 2 aromatic carbocycles. The second kappa shape index (κ2) is 13.5. The topological polar surface area (TPSA) is 84.5 Å². The van der Waals surface area contributed by atoms with Gasteiger partial charge in [0.2, 0.25) is 11.8 Å². The molecule has 2 aliphatic rings. The number of ether oxygens (including phenoxy) is 1. The van der Waals surface area contributed by atoms with Gasteiger partial charge in [-0.25, -0.2) is 4.79 Å². The first-order chi connectivity index (χ1) is 19.5. The zero-order valence-corrected chi connectivity index (χ0v) is 24.5. The Morgan fingerprint density at radius 1 is 0.900 bits per heavy atom. The van der Waals surface area contributed by atoms with Crippen molar-refractivity contribution in [3.05, 3.63) is 76.2 Å². The number of amides is 2. The summed E-state index contributed by atoms with van der Waals surface area (Å²) in [6, 6.07) is 17.3. The maximum atomic E-state index is 13.9. The number of aryl methyl sites for hydroxylation is 1. The minimum atomic E-state index is -0.558. The lowest BCUT2D eigenvalue weighted by molar-refractivity contribution is -0.120. The number of carbonyl (C=O) groups excluding carboxylic acids is 3. The maximum Gasteiger partial charge on any atom is 0.341 e. The number of methoxy groups -OCH3 is 1. The van der Waals surface area contributed by atoms with Crippen LogP contribution in [0.1, 0.15) is 83.0 Å². The molecule has 40 heavy (non-hydrogen) atoms. The first-order valence-corrected chi connectivity index (χ1v) is 15.9. The van der Waals surface area contributed by atoms with Crippen LogP contribution in [0.2, 0.25) is 0 Å². The van der Waals surface area contributed by atoms with E-state index < -0.39 is 11.2 Å². The number of esters is 1. The summed E-state index contributed by atoms with van der Waals surface area (Å²) >= 11 is 2.93. The zero-order chi connectivity index (χ0) is 27.9. The fourth-order valence-corrected chi connectivity index (χ4v) is 7.98. The van der Waals surface area contributed by atoms with Crippen LogP contribution in [0.5, 0.6) is 0 Å². The van der Waals surface area contributed by atoms with E-state index in [1.807, 2.05) is 54.6 Å². The Labute approximate surface area is 244 Å². The molecule has 1 heterocycles. The standard InChI is InChI=1S/C32H36N2O4S2/c1-38-32(37)27-25-18-9-4-10-19-26(25)40-31(27)34-30(36)28(21-12-5-2-6-13-21)39-24-17-11-16-23(20-24)33-29(35)22-14-7-3-8-15-22/h2,5-6,11-13,16-17,20,22,28H,3-4,7-10,14-15,18-19H2,1H3,(H,33,35)(H,34,36). The van der Waals surface area contributed by atoms with Gasteiger partial charge in [0.1, 0.15) is 10.3 Å². The van der Waals surface area contributed by atoms with Crippen LogP contribution < -0.4 is 10.6 Å². The summed E-state index contributed by atoms with van der Waals surface area (Å²) in [5.41, 5.74) is 3.12. The molecule has 210 valence electrons. The first-order valence-electron chi connectivity index (χ1n) is 14.2. The molecule has 5 rings (SSSR count). The van der Waals surface area contributed by atoms with Gasteiger partial charge in [-0.05, 0) is 67.9 Å². The predicted octanol–water partition coefficient (Wildman–Crippen LogP) is 7.79. The second-order valence-corrected chi connectivity index (χ2v) is 12.8. The molecule has 2 amide bonds. The van der Waals surface area contributed by atoms with Gasteiger partial charge in [-0.2, -0.15) is 0 Å². The third kappa shape index (κ3) is 6.78. The van der Waals surface area contributed by atoms with Crippen molar-refractivity contribution in [3.8, 4) is 0 Å². The zero-order valence-electron chi connectivity index (χ0n) is 22.9. The quantitative estimate of drug-likeness (QED) is 0.162. The molecule has 1 fully saturated rings. The highest BCUT2D eigenvalue weighted by molar-refractivity contribution is 8.00. The van der Waals surface area contributed by atoms with Gasteiger partial charge < -0.3 is 15.4 Å². The molecule has 0 bridgehead atoms. The van der Waals surface area contributed by atoms with Crippen molar-refractivity contribution in [3.63, 3.8) is 0 Å². The first kappa shape index (κ1) is 28.4. The van der Waals surface area contributed by atoms with Gasteiger partial charge in [-0.15, -0.1) is 23.1 Å². The van der Waals surface area contributed by atoms with E-state index >= 15 is 0 Å². The van der Waals surface area contributed by atoms with Crippen LogP contribution in [0, 0.1) is 5.92 Å². The number of rotatable bonds is 8. The third-order valence-corrected chi connectivity index (χ3v) is 10.2. The Hall–Kier alpha value is -3.10. The molecule has 1 unspecified atom stereocenters. The normalized spacial score (nSPS) is 16.3. The number of benzene rings is 2. The molecule has 0 saturated heterocycles. The highest BCUT2D eigenvalue weighted by Gasteiger charge is 2.29. The fraction of sp³-hybridized carbons (Fsp3) is 0.406. The summed E-state index contributed by atoms with van der Waals surface area (Å²) in [7, 11) is 1.39. The van der Waals surface area contributed by atoms with Gasteiger partial charge in [0.25, 0.3) is 0 Å². The molecule has 0 spiro atoms. The third-order valence-electron chi connectivity index (χ3n) is 7.72. The van der Waals surface area contributed by atoms with E-state index in [9.17, 15) is 14.4 Å². The van der Waals surface area contributed by atoms with Crippen molar-refractivity contribution in [1.29, 1.82) is 0 Å². The molecule has 2 N–H and O–H groups in total. The number of hydrogen-bond donors (Lipinski definition) is 2. The molecule has 1 atom stereocenters. The average Bonchev–Trinajstić information content (AvgIpc) is 3.15. The van der Waals surface area contributed by atoms with Crippen molar-refractivity contribution in [2.24, 2.45) is 5.92 Å². The highest BCUT2D eigenvalue weighted by atomic mass is 32.2.